The fourth-order valence-electron chi connectivity index (χ4n) is 3.52. The molecule has 2 aromatic carbocycles. The zero-order valence-electron chi connectivity index (χ0n) is 16.5. The van der Waals surface area contributed by atoms with E-state index in [9.17, 15) is 4.79 Å². The maximum atomic E-state index is 13.1. The number of carbonyl (C=O) groups excluding carboxylic acids is 1. The number of anilines is 2. The van der Waals surface area contributed by atoms with Crippen molar-refractivity contribution in [3.05, 3.63) is 47.5 Å². The summed E-state index contributed by atoms with van der Waals surface area (Å²) in [5.74, 6) is 0.151. The van der Waals surface area contributed by atoms with Gasteiger partial charge in [0.15, 0.2) is 17.2 Å². The summed E-state index contributed by atoms with van der Waals surface area (Å²) in [5.41, 5.74) is 7.81. The van der Waals surface area contributed by atoms with Gasteiger partial charge in [0.05, 0.1) is 25.3 Å². The Morgan fingerprint density at radius 3 is 2.71 bits per heavy atom. The fraction of sp³-hybridized carbons (Fsp3) is 0.0952. The van der Waals surface area contributed by atoms with Crippen molar-refractivity contribution >= 4 is 50.8 Å². The van der Waals surface area contributed by atoms with Crippen LogP contribution >= 0.6 is 11.3 Å². The molecular weight excluding hydrogens is 420 g/mol. The van der Waals surface area contributed by atoms with Crippen molar-refractivity contribution in [2.24, 2.45) is 0 Å². The van der Waals surface area contributed by atoms with E-state index in [1.807, 2.05) is 24.3 Å². The maximum Gasteiger partial charge on any atom is 0.263 e. The average molecular weight is 436 g/mol. The number of aromatic nitrogens is 2. The van der Waals surface area contributed by atoms with Crippen LogP contribution in [0, 0.1) is 0 Å². The maximum absolute atomic E-state index is 13.1. The number of nitrogens with one attached hydrogen (secondary N) is 1. The number of carbonyl (C=O) groups is 1. The van der Waals surface area contributed by atoms with E-state index in [1.165, 1.54) is 25.6 Å². The number of para-hydroxylation sites is 1. The highest BCUT2D eigenvalue weighted by Gasteiger charge is 2.27. The first-order chi connectivity index (χ1) is 15.1. The molecule has 9 nitrogen and oxygen atoms in total. The van der Waals surface area contributed by atoms with Crippen LogP contribution in [0.15, 0.2) is 50.8 Å². The van der Waals surface area contributed by atoms with Gasteiger partial charge in [0.25, 0.3) is 5.91 Å². The summed E-state index contributed by atoms with van der Waals surface area (Å²) in [6.45, 7) is 0. The number of ether oxygens (including phenoxy) is 2. The summed E-state index contributed by atoms with van der Waals surface area (Å²) in [6.07, 6.45) is 1.61. The Bertz CT molecular complexity index is 1420. The number of rotatable bonds is 5. The summed E-state index contributed by atoms with van der Waals surface area (Å²) in [7, 11) is 3.03. The van der Waals surface area contributed by atoms with E-state index in [0.29, 0.717) is 33.4 Å². The van der Waals surface area contributed by atoms with Crippen molar-refractivity contribution in [2.75, 3.05) is 25.3 Å². The van der Waals surface area contributed by atoms with Gasteiger partial charge in [0.2, 0.25) is 5.88 Å². The van der Waals surface area contributed by atoms with Crippen LogP contribution in [0.1, 0.15) is 10.4 Å². The number of nitrogens with two attached hydrogens (primary N) is 1. The molecule has 0 aliphatic rings. The number of hydrogen-bond acceptors (Lipinski definition) is 9. The van der Waals surface area contributed by atoms with Gasteiger partial charge in [-0.2, -0.15) is 0 Å². The van der Waals surface area contributed by atoms with Gasteiger partial charge < -0.3 is 29.5 Å². The van der Waals surface area contributed by atoms with Crippen LogP contribution in [0.3, 0.4) is 0 Å². The van der Waals surface area contributed by atoms with Gasteiger partial charge in [-0.15, -0.1) is 11.3 Å². The number of methoxy groups -OCH3 is 2. The highest BCUT2D eigenvalue weighted by molar-refractivity contribution is 7.13. The van der Waals surface area contributed by atoms with E-state index in [4.69, 9.17) is 24.1 Å². The summed E-state index contributed by atoms with van der Waals surface area (Å²) < 4.78 is 22.2. The molecule has 0 bridgehead atoms. The molecule has 10 heteroatoms. The molecule has 3 heterocycles. The Balaban J connectivity index is 1.64. The molecule has 5 aromatic rings. The van der Waals surface area contributed by atoms with Crippen LogP contribution in [-0.2, 0) is 0 Å². The van der Waals surface area contributed by atoms with Gasteiger partial charge in [0, 0.05) is 23.0 Å². The predicted molar refractivity (Wildman–Crippen MR) is 117 cm³/mol. The molecule has 3 N–H and O–H groups in total. The first kappa shape index (κ1) is 18.9. The molecule has 0 aliphatic carbocycles. The van der Waals surface area contributed by atoms with Gasteiger partial charge in [0.1, 0.15) is 21.7 Å². The van der Waals surface area contributed by atoms with Gasteiger partial charge in [-0.1, -0.05) is 23.4 Å². The van der Waals surface area contributed by atoms with Crippen molar-refractivity contribution in [1.82, 2.24) is 10.1 Å². The Kier molecular flexibility index (Phi) is 4.48. The average Bonchev–Trinajstić information content (AvgIpc) is 3.50. The van der Waals surface area contributed by atoms with E-state index in [0.717, 1.165) is 10.8 Å². The van der Waals surface area contributed by atoms with Crippen LogP contribution in [0.2, 0.25) is 0 Å². The van der Waals surface area contributed by atoms with Gasteiger partial charge >= 0.3 is 0 Å². The number of nitrogen functional groups attached to an aromatic ring is 1. The standard InChI is InChI=1S/C21H16N4O5S/c1-27-17-11(9-13-14(18(17)28-2)10-5-3-4-6-12(10)29-13)24-20(26)15-16(25-30-19(15)22)21-23-7-8-31-21/h3-9H,22H2,1-2H3,(H,24,26). The molecule has 5 rings (SSSR count). The van der Waals surface area contributed by atoms with Crippen molar-refractivity contribution in [3.63, 3.8) is 0 Å². The molecular formula is C21H16N4O5S. The number of furan rings is 1. The number of hydrogen-bond donors (Lipinski definition) is 2. The molecule has 31 heavy (non-hydrogen) atoms. The van der Waals surface area contributed by atoms with Gasteiger partial charge in [-0.05, 0) is 6.07 Å². The lowest BCUT2D eigenvalue weighted by molar-refractivity contribution is 0.102. The lowest BCUT2D eigenvalue weighted by Crippen LogP contribution is -2.15. The molecule has 0 saturated heterocycles. The molecule has 0 radical (unpaired) electrons. The van der Waals surface area contributed by atoms with Crippen molar-refractivity contribution in [1.29, 1.82) is 0 Å². The van der Waals surface area contributed by atoms with E-state index >= 15 is 0 Å². The van der Waals surface area contributed by atoms with E-state index in [-0.39, 0.29) is 17.1 Å². The highest BCUT2D eigenvalue weighted by atomic mass is 32.1. The third-order valence-corrected chi connectivity index (χ3v) is 5.59. The molecule has 0 aliphatic heterocycles. The lowest BCUT2D eigenvalue weighted by Gasteiger charge is -2.14. The number of fused-ring (bicyclic) bond motifs is 3. The van der Waals surface area contributed by atoms with Crippen LogP contribution in [-0.4, -0.2) is 30.3 Å². The monoisotopic (exact) mass is 436 g/mol. The van der Waals surface area contributed by atoms with Crippen molar-refractivity contribution < 1.29 is 23.2 Å². The first-order valence-corrected chi connectivity index (χ1v) is 10.0. The normalized spacial score (nSPS) is 11.2. The minimum absolute atomic E-state index is 0.0840. The minimum atomic E-state index is -0.528. The summed E-state index contributed by atoms with van der Waals surface area (Å²) in [4.78, 5) is 17.3. The largest absolute Gasteiger partial charge is 0.492 e. The summed E-state index contributed by atoms with van der Waals surface area (Å²) >= 11 is 1.32. The van der Waals surface area contributed by atoms with Crippen LogP contribution < -0.4 is 20.5 Å². The second kappa shape index (κ2) is 7.33. The van der Waals surface area contributed by atoms with Crippen molar-refractivity contribution in [3.8, 4) is 22.2 Å². The first-order valence-electron chi connectivity index (χ1n) is 9.15. The third kappa shape index (κ3) is 2.96. The number of benzene rings is 2. The zero-order valence-corrected chi connectivity index (χ0v) is 17.3. The molecule has 0 spiro atoms. The van der Waals surface area contributed by atoms with Crippen LogP contribution in [0.25, 0.3) is 32.6 Å². The molecule has 0 unspecified atom stereocenters. The molecule has 0 saturated carbocycles. The lowest BCUT2D eigenvalue weighted by atomic mass is 10.1. The van der Waals surface area contributed by atoms with Crippen molar-refractivity contribution in [2.45, 2.75) is 0 Å². The molecule has 156 valence electrons. The van der Waals surface area contributed by atoms with E-state index < -0.39 is 5.91 Å². The number of amides is 1. The van der Waals surface area contributed by atoms with Crippen LogP contribution in [0.4, 0.5) is 11.6 Å². The topological polar surface area (TPSA) is 126 Å². The fourth-order valence-corrected chi connectivity index (χ4v) is 4.14. The van der Waals surface area contributed by atoms with Gasteiger partial charge in [-0.3, -0.25) is 4.79 Å². The third-order valence-electron chi connectivity index (χ3n) is 4.81. The highest BCUT2D eigenvalue weighted by Crippen LogP contribution is 2.46. The second-order valence-corrected chi connectivity index (χ2v) is 7.42. The Morgan fingerprint density at radius 1 is 1.16 bits per heavy atom. The summed E-state index contributed by atoms with van der Waals surface area (Å²) in [6, 6.07) is 9.26. The SMILES string of the molecule is COc1c(NC(=O)c2c(-c3nccs3)noc2N)cc2oc3ccccc3c2c1OC. The Morgan fingerprint density at radius 2 is 1.97 bits per heavy atom. The smallest absolute Gasteiger partial charge is 0.263 e. The number of thiazole rings is 1. The Labute approximate surface area is 179 Å². The molecule has 0 fully saturated rings. The Hall–Kier alpha value is -4.05. The van der Waals surface area contributed by atoms with E-state index in [2.05, 4.69) is 15.5 Å². The molecule has 1 amide bonds. The molecule has 0 atom stereocenters. The second-order valence-electron chi connectivity index (χ2n) is 6.52. The van der Waals surface area contributed by atoms with Gasteiger partial charge in [-0.25, -0.2) is 4.98 Å². The van der Waals surface area contributed by atoms with Crippen LogP contribution in [0.5, 0.6) is 11.5 Å². The van der Waals surface area contributed by atoms with E-state index in [1.54, 1.807) is 17.6 Å². The zero-order chi connectivity index (χ0) is 21.5. The predicted octanol–water partition coefficient (Wildman–Crippen LogP) is 4.55. The quantitative estimate of drug-likeness (QED) is 0.411. The summed E-state index contributed by atoms with van der Waals surface area (Å²) in [5, 5.41) is 10.6. The molecule has 3 aromatic heterocycles. The minimum Gasteiger partial charge on any atom is -0.492 e. The number of nitrogens with zero attached hydrogens (tertiary/aromatic N) is 2.